The molecule has 0 bridgehead atoms. The molecule has 0 aromatic carbocycles. The van der Waals surface area contributed by atoms with E-state index >= 15 is 0 Å². The van der Waals surface area contributed by atoms with Gasteiger partial charge in [0.2, 0.25) is 0 Å². The van der Waals surface area contributed by atoms with Crippen LogP contribution < -0.4 is 0 Å². The van der Waals surface area contributed by atoms with Crippen molar-refractivity contribution in [1.82, 2.24) is 0 Å². The zero-order valence-corrected chi connectivity index (χ0v) is 9.14. The summed E-state index contributed by atoms with van der Waals surface area (Å²) in [7, 11) is 0. The minimum atomic E-state index is -1.37. The molecule has 0 atom stereocenters. The molecule has 0 amide bonds. The summed E-state index contributed by atoms with van der Waals surface area (Å²) in [6.07, 6.45) is -1.90. The average Bonchev–Trinajstić information content (AvgIpc) is 1.97. The highest BCUT2D eigenvalue weighted by molar-refractivity contribution is 5.84. The fourth-order valence-corrected chi connectivity index (χ4v) is 0.816. The van der Waals surface area contributed by atoms with Crippen LogP contribution in [0.4, 0.5) is 0 Å². The number of rotatable bonds is 4. The first-order chi connectivity index (χ1) is 7.31. The van der Waals surface area contributed by atoms with Gasteiger partial charge in [0, 0.05) is 20.8 Å². The lowest BCUT2D eigenvalue weighted by Gasteiger charge is -2.14. The van der Waals surface area contributed by atoms with E-state index in [-0.39, 0.29) is 0 Å². The molecular formula is C9H12O7. The molecular weight excluding hydrogens is 220 g/mol. The van der Waals surface area contributed by atoms with Crippen molar-refractivity contribution in [3.8, 4) is 0 Å². The molecule has 7 heteroatoms. The van der Waals surface area contributed by atoms with E-state index in [1.807, 2.05) is 0 Å². The van der Waals surface area contributed by atoms with Crippen molar-refractivity contribution in [2.45, 2.75) is 33.5 Å². The summed E-state index contributed by atoms with van der Waals surface area (Å²) in [5, 5.41) is 0. The van der Waals surface area contributed by atoms with Gasteiger partial charge in [-0.15, -0.1) is 0 Å². The molecule has 16 heavy (non-hydrogen) atoms. The van der Waals surface area contributed by atoms with Crippen LogP contribution >= 0.6 is 0 Å². The largest absolute Gasteiger partial charge is 0.425 e. The van der Waals surface area contributed by atoms with E-state index in [0.29, 0.717) is 0 Å². The molecule has 0 heterocycles. The van der Waals surface area contributed by atoms with E-state index in [1.165, 1.54) is 0 Å². The number of carbonyl (C=O) groups is 4. The van der Waals surface area contributed by atoms with Gasteiger partial charge in [-0.2, -0.15) is 0 Å². The summed E-state index contributed by atoms with van der Waals surface area (Å²) in [6.45, 7) is 3.23. The van der Waals surface area contributed by atoms with Crippen LogP contribution in [0.2, 0.25) is 0 Å². The normalized spacial score (nSPS) is 9.50. The van der Waals surface area contributed by atoms with Crippen LogP contribution in [0.1, 0.15) is 27.2 Å². The van der Waals surface area contributed by atoms with Crippen LogP contribution in [0, 0.1) is 0 Å². The predicted octanol–water partition coefficient (Wildman–Crippen LogP) is -0.0815. The third-order valence-corrected chi connectivity index (χ3v) is 1.19. The smallest absolute Gasteiger partial charge is 0.321 e. The Labute approximate surface area is 91.6 Å². The standard InChI is InChI=1S/C9H12O7/c1-5(10)14-8(13)4-9(15-6(2)11)16-7(3)12/h9H,4H2,1-3H3. The van der Waals surface area contributed by atoms with Crippen molar-refractivity contribution in [2.75, 3.05) is 0 Å². The fraction of sp³-hybridized carbons (Fsp3) is 0.556. The second-order valence-electron chi connectivity index (χ2n) is 2.82. The maximum absolute atomic E-state index is 11.0. The van der Waals surface area contributed by atoms with Crippen LogP contribution in [-0.2, 0) is 33.4 Å². The minimum Gasteiger partial charge on any atom is -0.425 e. The third kappa shape index (κ3) is 7.48. The molecule has 0 saturated carbocycles. The molecule has 0 saturated heterocycles. The Kier molecular flexibility index (Phi) is 5.76. The lowest BCUT2D eigenvalue weighted by molar-refractivity contribution is -0.189. The zero-order valence-electron chi connectivity index (χ0n) is 9.14. The summed E-state index contributed by atoms with van der Waals surface area (Å²) < 4.78 is 13.2. The fourth-order valence-electron chi connectivity index (χ4n) is 0.816. The lowest BCUT2D eigenvalue weighted by Crippen LogP contribution is -2.26. The monoisotopic (exact) mass is 232 g/mol. The molecule has 0 N–H and O–H groups in total. The molecule has 0 aliphatic heterocycles. The first kappa shape index (κ1) is 14.1. The number of hydrogen-bond donors (Lipinski definition) is 0. The van der Waals surface area contributed by atoms with E-state index < -0.39 is 36.6 Å². The van der Waals surface area contributed by atoms with Gasteiger partial charge in [0.1, 0.15) is 6.42 Å². The van der Waals surface area contributed by atoms with Gasteiger partial charge in [-0.1, -0.05) is 0 Å². The topological polar surface area (TPSA) is 96.0 Å². The SMILES string of the molecule is CC(=O)OC(=O)CC(OC(C)=O)OC(C)=O. The van der Waals surface area contributed by atoms with Gasteiger partial charge in [-0.25, -0.2) is 0 Å². The Morgan fingerprint density at radius 1 is 0.875 bits per heavy atom. The highest BCUT2D eigenvalue weighted by Gasteiger charge is 2.21. The van der Waals surface area contributed by atoms with Crippen molar-refractivity contribution in [2.24, 2.45) is 0 Å². The number of hydrogen-bond acceptors (Lipinski definition) is 7. The van der Waals surface area contributed by atoms with Gasteiger partial charge in [-0.05, 0) is 0 Å². The Morgan fingerprint density at radius 3 is 1.62 bits per heavy atom. The first-order valence-corrected chi connectivity index (χ1v) is 4.37. The zero-order chi connectivity index (χ0) is 12.7. The Morgan fingerprint density at radius 2 is 1.31 bits per heavy atom. The van der Waals surface area contributed by atoms with E-state index in [9.17, 15) is 19.2 Å². The molecule has 7 nitrogen and oxygen atoms in total. The van der Waals surface area contributed by atoms with Crippen LogP contribution in [0.25, 0.3) is 0 Å². The predicted molar refractivity (Wildman–Crippen MR) is 48.7 cm³/mol. The van der Waals surface area contributed by atoms with E-state index in [2.05, 4.69) is 14.2 Å². The molecule has 0 aliphatic rings. The van der Waals surface area contributed by atoms with Crippen molar-refractivity contribution >= 4 is 23.9 Å². The maximum atomic E-state index is 11.0. The van der Waals surface area contributed by atoms with Gasteiger partial charge < -0.3 is 14.2 Å². The lowest BCUT2D eigenvalue weighted by atomic mass is 10.4. The van der Waals surface area contributed by atoms with Crippen LogP contribution in [0.3, 0.4) is 0 Å². The molecule has 0 aliphatic carbocycles. The quantitative estimate of drug-likeness (QED) is 0.380. The molecule has 0 aromatic heterocycles. The van der Waals surface area contributed by atoms with Gasteiger partial charge in [-0.3, -0.25) is 19.2 Å². The summed E-state index contributed by atoms with van der Waals surface area (Å²) >= 11 is 0. The second-order valence-corrected chi connectivity index (χ2v) is 2.82. The van der Waals surface area contributed by atoms with Gasteiger partial charge in [0.05, 0.1) is 0 Å². The number of ether oxygens (including phenoxy) is 3. The minimum absolute atomic E-state index is 0.529. The Balaban J connectivity index is 4.29. The summed E-state index contributed by atoms with van der Waals surface area (Å²) in [4.78, 5) is 42.6. The van der Waals surface area contributed by atoms with Crippen molar-refractivity contribution < 1.29 is 33.4 Å². The molecule has 90 valence electrons. The molecule has 0 radical (unpaired) electrons. The maximum Gasteiger partial charge on any atom is 0.321 e. The van der Waals surface area contributed by atoms with Gasteiger partial charge in [0.25, 0.3) is 6.29 Å². The van der Waals surface area contributed by atoms with Crippen molar-refractivity contribution in [3.63, 3.8) is 0 Å². The Bertz CT molecular complexity index is 291. The van der Waals surface area contributed by atoms with Gasteiger partial charge in [0.15, 0.2) is 0 Å². The highest BCUT2D eigenvalue weighted by Crippen LogP contribution is 2.04. The molecule has 0 aromatic rings. The first-order valence-electron chi connectivity index (χ1n) is 4.37. The number of carbonyl (C=O) groups excluding carboxylic acids is 4. The van der Waals surface area contributed by atoms with E-state index in [0.717, 1.165) is 20.8 Å². The molecule has 0 spiro atoms. The van der Waals surface area contributed by atoms with Gasteiger partial charge >= 0.3 is 23.9 Å². The average molecular weight is 232 g/mol. The summed E-state index contributed by atoms with van der Waals surface area (Å²) in [5.41, 5.74) is 0. The molecule has 0 fully saturated rings. The van der Waals surface area contributed by atoms with Crippen LogP contribution in [0.15, 0.2) is 0 Å². The van der Waals surface area contributed by atoms with Crippen molar-refractivity contribution in [3.05, 3.63) is 0 Å². The van der Waals surface area contributed by atoms with E-state index in [4.69, 9.17) is 0 Å². The summed E-state index contributed by atoms with van der Waals surface area (Å²) in [5.74, 6) is -3.18. The molecule has 0 rings (SSSR count). The summed E-state index contributed by atoms with van der Waals surface area (Å²) in [6, 6.07) is 0. The third-order valence-electron chi connectivity index (χ3n) is 1.19. The second kappa shape index (κ2) is 6.54. The Hall–Kier alpha value is -1.92. The van der Waals surface area contributed by atoms with Crippen LogP contribution in [0.5, 0.6) is 0 Å². The van der Waals surface area contributed by atoms with Crippen molar-refractivity contribution in [1.29, 1.82) is 0 Å². The number of esters is 4. The van der Waals surface area contributed by atoms with Crippen LogP contribution in [-0.4, -0.2) is 30.2 Å². The van der Waals surface area contributed by atoms with E-state index in [1.54, 1.807) is 0 Å². The molecule has 0 unspecified atom stereocenters. The highest BCUT2D eigenvalue weighted by atomic mass is 16.7.